The molecule has 2 fully saturated rings. The van der Waals surface area contributed by atoms with Gasteiger partial charge in [0.1, 0.15) is 5.82 Å². The first-order valence-electron chi connectivity index (χ1n) is 9.44. The van der Waals surface area contributed by atoms with E-state index in [0.717, 1.165) is 51.6 Å². The second-order valence-electron chi connectivity index (χ2n) is 7.17. The van der Waals surface area contributed by atoms with Crippen molar-refractivity contribution in [3.8, 4) is 11.4 Å². The van der Waals surface area contributed by atoms with Crippen LogP contribution in [0.4, 0.5) is 19.0 Å². The molecule has 28 heavy (non-hydrogen) atoms. The third kappa shape index (κ3) is 4.41. The molecule has 0 bridgehead atoms. The number of likely N-dealkylation sites (tertiary alicyclic amines) is 1. The van der Waals surface area contributed by atoms with Gasteiger partial charge in [-0.3, -0.25) is 9.88 Å². The number of anilines is 1. The maximum Gasteiger partial charge on any atom is 0.433 e. The highest BCUT2D eigenvalue weighted by atomic mass is 19.4. The van der Waals surface area contributed by atoms with Gasteiger partial charge < -0.3 is 10.1 Å². The summed E-state index contributed by atoms with van der Waals surface area (Å²) in [4.78, 5) is 14.3. The lowest BCUT2D eigenvalue weighted by molar-refractivity contribution is -0.141. The van der Waals surface area contributed by atoms with Gasteiger partial charge in [-0.25, -0.2) is 9.97 Å². The van der Waals surface area contributed by atoms with E-state index in [1.165, 1.54) is 12.4 Å². The standard InChI is InChI=1S/C19H22F3N5O/c20-19(21,22)16-11-17(26-18(25-16)13-1-6-23-7-2-13)24-14-3-8-27(9-4-14)15-5-10-28-12-15/h1-2,6-7,11,14-15H,3-5,8-10,12H2,(H,24,25,26). The highest BCUT2D eigenvalue weighted by molar-refractivity contribution is 5.57. The molecule has 0 spiro atoms. The Kier molecular flexibility index (Phi) is 5.45. The number of hydrogen-bond donors (Lipinski definition) is 1. The van der Waals surface area contributed by atoms with Crippen molar-refractivity contribution in [1.29, 1.82) is 0 Å². The summed E-state index contributed by atoms with van der Waals surface area (Å²) in [5, 5.41) is 3.19. The topological polar surface area (TPSA) is 63.2 Å². The van der Waals surface area contributed by atoms with Crippen molar-refractivity contribution in [2.75, 3.05) is 31.6 Å². The van der Waals surface area contributed by atoms with Crippen LogP contribution in [0, 0.1) is 0 Å². The van der Waals surface area contributed by atoms with Crippen LogP contribution < -0.4 is 5.32 Å². The quantitative estimate of drug-likeness (QED) is 0.861. The molecular formula is C19H22F3N5O. The number of pyridine rings is 1. The molecule has 6 nitrogen and oxygen atoms in total. The lowest BCUT2D eigenvalue weighted by Gasteiger charge is -2.35. The number of halogens is 3. The maximum absolute atomic E-state index is 13.3. The smallest absolute Gasteiger partial charge is 0.380 e. The number of alkyl halides is 3. The molecule has 0 radical (unpaired) electrons. The fourth-order valence-corrected chi connectivity index (χ4v) is 3.72. The number of aromatic nitrogens is 3. The van der Waals surface area contributed by atoms with Crippen molar-refractivity contribution in [2.45, 2.75) is 37.5 Å². The molecule has 2 aromatic heterocycles. The molecule has 150 valence electrons. The molecule has 2 saturated heterocycles. The fourth-order valence-electron chi connectivity index (χ4n) is 3.72. The normalized spacial score (nSPS) is 21.8. The molecule has 4 heterocycles. The van der Waals surface area contributed by atoms with E-state index in [1.807, 2.05) is 0 Å². The van der Waals surface area contributed by atoms with Gasteiger partial charge in [0.25, 0.3) is 0 Å². The van der Waals surface area contributed by atoms with E-state index in [1.54, 1.807) is 12.1 Å². The average molecular weight is 393 g/mol. The van der Waals surface area contributed by atoms with Crippen LogP contribution in [0.25, 0.3) is 11.4 Å². The second-order valence-corrected chi connectivity index (χ2v) is 7.17. The van der Waals surface area contributed by atoms with Crippen molar-refractivity contribution in [1.82, 2.24) is 19.9 Å². The number of nitrogens with one attached hydrogen (secondary N) is 1. The van der Waals surface area contributed by atoms with Gasteiger partial charge >= 0.3 is 6.18 Å². The van der Waals surface area contributed by atoms with Crippen molar-refractivity contribution < 1.29 is 17.9 Å². The van der Waals surface area contributed by atoms with Gasteiger partial charge in [-0.15, -0.1) is 0 Å². The molecule has 0 aliphatic carbocycles. The SMILES string of the molecule is FC(F)(F)c1cc(NC2CCN(C3CCOC3)CC2)nc(-c2ccncc2)n1. The Labute approximate surface area is 161 Å². The van der Waals surface area contributed by atoms with E-state index in [9.17, 15) is 13.2 Å². The molecule has 1 atom stereocenters. The summed E-state index contributed by atoms with van der Waals surface area (Å²) in [7, 11) is 0. The molecule has 1 unspecified atom stereocenters. The van der Waals surface area contributed by atoms with Crippen molar-refractivity contribution in [3.63, 3.8) is 0 Å². The van der Waals surface area contributed by atoms with E-state index >= 15 is 0 Å². The zero-order valence-electron chi connectivity index (χ0n) is 15.3. The van der Waals surface area contributed by atoms with E-state index in [0.29, 0.717) is 11.6 Å². The highest BCUT2D eigenvalue weighted by Crippen LogP contribution is 2.31. The van der Waals surface area contributed by atoms with Gasteiger partial charge in [-0.2, -0.15) is 13.2 Å². The first-order valence-corrected chi connectivity index (χ1v) is 9.44. The molecule has 2 aromatic rings. The molecule has 2 aliphatic heterocycles. The Balaban J connectivity index is 1.49. The van der Waals surface area contributed by atoms with Crippen LogP contribution in [-0.2, 0) is 10.9 Å². The molecule has 0 amide bonds. The Morgan fingerprint density at radius 1 is 1.07 bits per heavy atom. The van der Waals surface area contributed by atoms with Crippen molar-refractivity contribution in [3.05, 3.63) is 36.3 Å². The number of ether oxygens (including phenoxy) is 1. The molecule has 4 rings (SSSR count). The molecule has 0 aromatic carbocycles. The van der Waals surface area contributed by atoms with E-state index in [4.69, 9.17) is 4.74 Å². The predicted molar refractivity (Wildman–Crippen MR) is 97.7 cm³/mol. The van der Waals surface area contributed by atoms with Crippen LogP contribution >= 0.6 is 0 Å². The van der Waals surface area contributed by atoms with Gasteiger partial charge in [-0.1, -0.05) is 0 Å². The maximum atomic E-state index is 13.3. The molecule has 2 aliphatic rings. The first kappa shape index (κ1) is 19.1. The van der Waals surface area contributed by atoms with E-state index < -0.39 is 11.9 Å². The van der Waals surface area contributed by atoms with Crippen LogP contribution in [0.5, 0.6) is 0 Å². The Bertz CT molecular complexity index is 788. The number of piperidine rings is 1. The largest absolute Gasteiger partial charge is 0.433 e. The monoisotopic (exact) mass is 393 g/mol. The third-order valence-corrected chi connectivity index (χ3v) is 5.26. The number of nitrogens with zero attached hydrogens (tertiary/aromatic N) is 4. The minimum atomic E-state index is -4.53. The minimum Gasteiger partial charge on any atom is -0.380 e. The van der Waals surface area contributed by atoms with Gasteiger partial charge in [0.2, 0.25) is 0 Å². The summed E-state index contributed by atoms with van der Waals surface area (Å²) in [5.41, 5.74) is -0.447. The predicted octanol–water partition coefficient (Wildman–Crippen LogP) is 3.22. The Morgan fingerprint density at radius 2 is 1.82 bits per heavy atom. The minimum absolute atomic E-state index is 0.0419. The first-order chi connectivity index (χ1) is 13.5. The van der Waals surface area contributed by atoms with E-state index in [-0.39, 0.29) is 17.7 Å². The molecule has 9 heteroatoms. The third-order valence-electron chi connectivity index (χ3n) is 5.26. The molecular weight excluding hydrogens is 371 g/mol. The highest BCUT2D eigenvalue weighted by Gasteiger charge is 2.34. The zero-order valence-corrected chi connectivity index (χ0v) is 15.3. The van der Waals surface area contributed by atoms with Gasteiger partial charge in [0.15, 0.2) is 11.5 Å². The summed E-state index contributed by atoms with van der Waals surface area (Å²) >= 11 is 0. The summed E-state index contributed by atoms with van der Waals surface area (Å²) in [6, 6.07) is 4.74. The van der Waals surface area contributed by atoms with Crippen LogP contribution in [-0.4, -0.2) is 58.2 Å². The van der Waals surface area contributed by atoms with Crippen molar-refractivity contribution >= 4 is 5.82 Å². The van der Waals surface area contributed by atoms with Crippen LogP contribution in [0.1, 0.15) is 25.0 Å². The van der Waals surface area contributed by atoms with Gasteiger partial charge in [0, 0.05) is 55.8 Å². The fraction of sp³-hybridized carbons (Fsp3) is 0.526. The van der Waals surface area contributed by atoms with Gasteiger partial charge in [-0.05, 0) is 31.4 Å². The Morgan fingerprint density at radius 3 is 2.46 bits per heavy atom. The second kappa shape index (κ2) is 8.00. The summed E-state index contributed by atoms with van der Waals surface area (Å²) in [6.45, 7) is 3.39. The van der Waals surface area contributed by atoms with Crippen LogP contribution in [0.15, 0.2) is 30.6 Å². The zero-order chi connectivity index (χ0) is 19.6. The number of hydrogen-bond acceptors (Lipinski definition) is 6. The average Bonchev–Trinajstić information content (AvgIpc) is 3.23. The Hall–Kier alpha value is -2.26. The summed E-state index contributed by atoms with van der Waals surface area (Å²) in [5.74, 6) is 0.247. The van der Waals surface area contributed by atoms with Crippen LogP contribution in [0.2, 0.25) is 0 Å². The van der Waals surface area contributed by atoms with E-state index in [2.05, 4.69) is 25.2 Å². The van der Waals surface area contributed by atoms with Crippen LogP contribution in [0.3, 0.4) is 0 Å². The van der Waals surface area contributed by atoms with Crippen molar-refractivity contribution in [2.24, 2.45) is 0 Å². The number of rotatable bonds is 4. The lowest BCUT2D eigenvalue weighted by Crippen LogP contribution is -2.45. The lowest BCUT2D eigenvalue weighted by atomic mass is 10.0. The van der Waals surface area contributed by atoms with Gasteiger partial charge in [0.05, 0.1) is 6.61 Å². The summed E-state index contributed by atoms with van der Waals surface area (Å²) < 4.78 is 45.4. The molecule has 1 N–H and O–H groups in total. The summed E-state index contributed by atoms with van der Waals surface area (Å²) in [6.07, 6.45) is 1.24. The molecule has 0 saturated carbocycles.